The molecule has 0 atom stereocenters. The molecule has 5 nitrogen and oxygen atoms in total. The van der Waals surface area contributed by atoms with E-state index >= 15 is 0 Å². The summed E-state index contributed by atoms with van der Waals surface area (Å²) in [5.41, 5.74) is 1.35. The highest BCUT2D eigenvalue weighted by molar-refractivity contribution is 6.59. The molecule has 18 heavy (non-hydrogen) atoms. The van der Waals surface area contributed by atoms with Crippen molar-refractivity contribution in [2.75, 3.05) is 37.6 Å². The maximum Gasteiger partial charge on any atom is 0.490 e. The lowest BCUT2D eigenvalue weighted by atomic mass is 9.78. The van der Waals surface area contributed by atoms with Gasteiger partial charge in [0.1, 0.15) is 5.82 Å². The Hall–Kier alpha value is -1.11. The van der Waals surface area contributed by atoms with Gasteiger partial charge < -0.3 is 19.8 Å². The molecule has 0 aliphatic carbocycles. The van der Waals surface area contributed by atoms with E-state index in [0.717, 1.165) is 44.1 Å². The Morgan fingerprint density at radius 3 is 2.44 bits per heavy atom. The molecule has 0 aromatic carbocycles. The predicted octanol–water partition coefficient (Wildman–Crippen LogP) is -0.788. The first-order chi connectivity index (χ1) is 8.61. The number of nitrogens with zero attached hydrogens (tertiary/aromatic N) is 3. The number of hydrogen-bond acceptors (Lipinski definition) is 5. The largest absolute Gasteiger partial charge is 0.490 e. The SMILES string of the molecule is CCN1CCN(c2cc(C)c(B(O)O)cn2)CC1. The van der Waals surface area contributed by atoms with E-state index in [4.69, 9.17) is 10.0 Å². The van der Waals surface area contributed by atoms with Crippen molar-refractivity contribution in [3.05, 3.63) is 17.8 Å². The number of aryl methyl sites for hydroxylation is 1. The van der Waals surface area contributed by atoms with E-state index in [1.165, 1.54) is 0 Å². The fourth-order valence-electron chi connectivity index (χ4n) is 2.29. The van der Waals surface area contributed by atoms with Gasteiger partial charge in [-0.1, -0.05) is 6.92 Å². The molecular formula is C12H20BN3O2. The molecular weight excluding hydrogens is 229 g/mol. The summed E-state index contributed by atoms with van der Waals surface area (Å²) in [7, 11) is -1.44. The molecule has 1 aromatic rings. The van der Waals surface area contributed by atoms with Crippen molar-refractivity contribution in [2.24, 2.45) is 0 Å². The van der Waals surface area contributed by atoms with Gasteiger partial charge in [0.15, 0.2) is 0 Å². The third kappa shape index (κ3) is 2.83. The van der Waals surface area contributed by atoms with E-state index in [9.17, 15) is 0 Å². The van der Waals surface area contributed by atoms with Crippen LogP contribution in [0.5, 0.6) is 0 Å². The molecule has 1 saturated heterocycles. The van der Waals surface area contributed by atoms with E-state index in [0.29, 0.717) is 5.46 Å². The summed E-state index contributed by atoms with van der Waals surface area (Å²) in [6, 6.07) is 1.93. The zero-order chi connectivity index (χ0) is 13.1. The minimum atomic E-state index is -1.44. The summed E-state index contributed by atoms with van der Waals surface area (Å²) >= 11 is 0. The molecule has 98 valence electrons. The van der Waals surface area contributed by atoms with Crippen molar-refractivity contribution in [3.63, 3.8) is 0 Å². The minimum Gasteiger partial charge on any atom is -0.423 e. The first-order valence-corrected chi connectivity index (χ1v) is 6.41. The Morgan fingerprint density at radius 1 is 1.28 bits per heavy atom. The smallest absolute Gasteiger partial charge is 0.423 e. The highest BCUT2D eigenvalue weighted by Crippen LogP contribution is 2.13. The first-order valence-electron chi connectivity index (χ1n) is 6.41. The van der Waals surface area contributed by atoms with Gasteiger partial charge in [-0.15, -0.1) is 0 Å². The Labute approximate surface area is 108 Å². The molecule has 0 spiro atoms. The van der Waals surface area contributed by atoms with E-state index in [2.05, 4.69) is 21.7 Å². The van der Waals surface area contributed by atoms with Crippen molar-refractivity contribution in [2.45, 2.75) is 13.8 Å². The summed E-state index contributed by atoms with van der Waals surface area (Å²) < 4.78 is 0. The summed E-state index contributed by atoms with van der Waals surface area (Å²) in [5, 5.41) is 18.3. The average Bonchev–Trinajstić information content (AvgIpc) is 2.38. The molecule has 0 saturated carbocycles. The zero-order valence-electron chi connectivity index (χ0n) is 11.0. The van der Waals surface area contributed by atoms with Gasteiger partial charge in [-0.2, -0.15) is 0 Å². The van der Waals surface area contributed by atoms with Crippen LogP contribution < -0.4 is 10.4 Å². The van der Waals surface area contributed by atoms with E-state index < -0.39 is 7.12 Å². The minimum absolute atomic E-state index is 0.478. The van der Waals surface area contributed by atoms with Crippen molar-refractivity contribution in [1.82, 2.24) is 9.88 Å². The van der Waals surface area contributed by atoms with Gasteiger partial charge in [0.05, 0.1) is 0 Å². The number of likely N-dealkylation sites (N-methyl/N-ethyl adjacent to an activating group) is 1. The number of anilines is 1. The standard InChI is InChI=1S/C12H20BN3O2/c1-3-15-4-6-16(7-5-15)12-8-10(2)11(9-14-12)13(17)18/h8-9,17-18H,3-7H2,1-2H3. The maximum absolute atomic E-state index is 9.17. The molecule has 0 radical (unpaired) electrons. The van der Waals surface area contributed by atoms with Crippen LogP contribution in [0.2, 0.25) is 0 Å². The van der Waals surface area contributed by atoms with Crippen LogP contribution >= 0.6 is 0 Å². The zero-order valence-corrected chi connectivity index (χ0v) is 11.0. The van der Waals surface area contributed by atoms with E-state index in [1.807, 2.05) is 13.0 Å². The molecule has 1 aliphatic rings. The molecule has 2 N–H and O–H groups in total. The Morgan fingerprint density at radius 2 is 1.94 bits per heavy atom. The number of aromatic nitrogens is 1. The second-order valence-corrected chi connectivity index (χ2v) is 4.69. The lowest BCUT2D eigenvalue weighted by Gasteiger charge is -2.35. The monoisotopic (exact) mass is 249 g/mol. The molecule has 2 heterocycles. The van der Waals surface area contributed by atoms with Crippen molar-refractivity contribution in [3.8, 4) is 0 Å². The van der Waals surface area contributed by atoms with Crippen LogP contribution in [0.25, 0.3) is 0 Å². The van der Waals surface area contributed by atoms with Crippen LogP contribution in [0.1, 0.15) is 12.5 Å². The topological polar surface area (TPSA) is 59.8 Å². The fraction of sp³-hybridized carbons (Fsp3) is 0.583. The van der Waals surface area contributed by atoms with Gasteiger partial charge in [0.25, 0.3) is 0 Å². The molecule has 1 fully saturated rings. The maximum atomic E-state index is 9.17. The average molecular weight is 249 g/mol. The highest BCUT2D eigenvalue weighted by atomic mass is 16.4. The molecule has 1 aromatic heterocycles. The van der Waals surface area contributed by atoms with Crippen LogP contribution in [-0.2, 0) is 0 Å². The van der Waals surface area contributed by atoms with Crippen LogP contribution in [0.15, 0.2) is 12.3 Å². The van der Waals surface area contributed by atoms with Crippen molar-refractivity contribution < 1.29 is 10.0 Å². The van der Waals surface area contributed by atoms with Gasteiger partial charge in [-0.05, 0) is 25.1 Å². The number of rotatable bonds is 3. The van der Waals surface area contributed by atoms with Crippen LogP contribution in [0.3, 0.4) is 0 Å². The second kappa shape index (κ2) is 5.69. The molecule has 1 aliphatic heterocycles. The highest BCUT2D eigenvalue weighted by Gasteiger charge is 2.19. The summed E-state index contributed by atoms with van der Waals surface area (Å²) in [5.74, 6) is 0.924. The van der Waals surface area contributed by atoms with Crippen LogP contribution in [0, 0.1) is 6.92 Å². The summed E-state index contributed by atoms with van der Waals surface area (Å²) in [6.45, 7) is 9.21. The van der Waals surface area contributed by atoms with Crippen molar-refractivity contribution >= 4 is 18.4 Å². The van der Waals surface area contributed by atoms with Gasteiger partial charge in [0, 0.05) is 37.8 Å². The van der Waals surface area contributed by atoms with Gasteiger partial charge in [-0.3, -0.25) is 0 Å². The molecule has 0 unspecified atom stereocenters. The van der Waals surface area contributed by atoms with Gasteiger partial charge >= 0.3 is 7.12 Å². The van der Waals surface area contributed by atoms with Gasteiger partial charge in [0.2, 0.25) is 0 Å². The third-order valence-corrected chi connectivity index (χ3v) is 3.56. The Bertz CT molecular complexity index is 406. The fourth-order valence-corrected chi connectivity index (χ4v) is 2.29. The summed E-state index contributed by atoms with van der Waals surface area (Å²) in [4.78, 5) is 8.98. The van der Waals surface area contributed by atoms with E-state index in [1.54, 1.807) is 6.20 Å². The first kappa shape index (κ1) is 13.3. The normalized spacial score (nSPS) is 17.0. The predicted molar refractivity (Wildman–Crippen MR) is 73.1 cm³/mol. The lowest BCUT2D eigenvalue weighted by Crippen LogP contribution is -2.46. The Kier molecular flexibility index (Phi) is 4.21. The molecule has 2 rings (SSSR count). The van der Waals surface area contributed by atoms with Crippen LogP contribution in [0.4, 0.5) is 5.82 Å². The molecule has 0 amide bonds. The second-order valence-electron chi connectivity index (χ2n) is 4.69. The number of hydrogen-bond donors (Lipinski definition) is 2. The molecule has 6 heteroatoms. The quantitative estimate of drug-likeness (QED) is 0.688. The lowest BCUT2D eigenvalue weighted by molar-refractivity contribution is 0.270. The molecule has 0 bridgehead atoms. The Balaban J connectivity index is 2.08. The van der Waals surface area contributed by atoms with E-state index in [-0.39, 0.29) is 0 Å². The summed E-state index contributed by atoms with van der Waals surface area (Å²) in [6.07, 6.45) is 1.56. The van der Waals surface area contributed by atoms with Gasteiger partial charge in [-0.25, -0.2) is 4.98 Å². The number of pyridine rings is 1. The van der Waals surface area contributed by atoms with Crippen LogP contribution in [-0.4, -0.2) is 59.8 Å². The number of piperazine rings is 1. The third-order valence-electron chi connectivity index (χ3n) is 3.56. The van der Waals surface area contributed by atoms with Crippen molar-refractivity contribution in [1.29, 1.82) is 0 Å².